The maximum absolute atomic E-state index is 13.5. The average Bonchev–Trinajstić information content (AvgIpc) is 2.28. The second kappa shape index (κ2) is 3.45. The second-order valence-corrected chi connectivity index (χ2v) is 4.11. The molecule has 0 amide bonds. The third-order valence-corrected chi connectivity index (χ3v) is 3.10. The van der Waals surface area contributed by atoms with Crippen LogP contribution in [0.2, 0.25) is 0 Å². The van der Waals surface area contributed by atoms with Crippen LogP contribution in [0.4, 0.5) is 39.5 Å². The van der Waals surface area contributed by atoms with Crippen molar-refractivity contribution in [3.63, 3.8) is 0 Å². The van der Waals surface area contributed by atoms with Crippen molar-refractivity contribution in [1.29, 1.82) is 0 Å². The smallest absolute Gasteiger partial charge is 0.348 e. The van der Waals surface area contributed by atoms with Gasteiger partial charge in [-0.1, -0.05) is 0 Å². The predicted octanol–water partition coefficient (Wildman–Crippen LogP) is 2.67. The molecule has 18 heavy (non-hydrogen) atoms. The molecule has 0 aromatic rings. The van der Waals surface area contributed by atoms with E-state index >= 15 is 0 Å². The standard InChI is InChI=1S/C8H7F9O/c1-4(11)6(13,14)5(12,3(10)2-9)8(17,18)7(4,15)16/h3,18H,2H2,1H3. The van der Waals surface area contributed by atoms with Crippen LogP contribution in [-0.4, -0.2) is 47.0 Å². The number of hydrogen-bond donors (Lipinski definition) is 1. The lowest BCUT2D eigenvalue weighted by Crippen LogP contribution is -2.63. The Hall–Kier alpha value is -0.670. The van der Waals surface area contributed by atoms with Gasteiger partial charge >= 0.3 is 17.7 Å². The fraction of sp³-hybridized carbons (Fsp3) is 1.00. The average molecular weight is 290 g/mol. The molecule has 0 radical (unpaired) electrons. The van der Waals surface area contributed by atoms with E-state index in [1.165, 1.54) is 0 Å². The molecule has 1 fully saturated rings. The van der Waals surface area contributed by atoms with Crippen LogP contribution in [0.1, 0.15) is 6.92 Å². The van der Waals surface area contributed by atoms with E-state index in [-0.39, 0.29) is 0 Å². The van der Waals surface area contributed by atoms with Gasteiger partial charge in [0.25, 0.3) is 5.67 Å². The Labute approximate surface area is 94.6 Å². The molecule has 1 nitrogen and oxygen atoms in total. The lowest BCUT2D eigenvalue weighted by molar-refractivity contribution is -0.312. The van der Waals surface area contributed by atoms with Crippen molar-refractivity contribution < 1.29 is 44.6 Å². The number of alkyl halides is 9. The number of aliphatic hydroxyl groups is 1. The maximum Gasteiger partial charge on any atom is 0.348 e. The summed E-state index contributed by atoms with van der Waals surface area (Å²) in [6.45, 7) is -3.26. The van der Waals surface area contributed by atoms with Crippen LogP contribution in [0.5, 0.6) is 0 Å². The first-order valence-electron chi connectivity index (χ1n) is 4.48. The van der Waals surface area contributed by atoms with Gasteiger partial charge < -0.3 is 5.11 Å². The summed E-state index contributed by atoms with van der Waals surface area (Å²) in [5.74, 6) is -17.9. The van der Waals surface area contributed by atoms with Crippen LogP contribution in [0.15, 0.2) is 0 Å². The Kier molecular flexibility index (Phi) is 2.95. The van der Waals surface area contributed by atoms with Gasteiger partial charge in [0, 0.05) is 0 Å². The monoisotopic (exact) mass is 290 g/mol. The van der Waals surface area contributed by atoms with Crippen molar-refractivity contribution in [2.75, 3.05) is 6.67 Å². The Balaban J connectivity index is 3.63. The molecule has 0 aromatic heterocycles. The molecule has 108 valence electrons. The summed E-state index contributed by atoms with van der Waals surface area (Å²) in [6, 6.07) is 0. The van der Waals surface area contributed by atoms with Gasteiger partial charge in [0.05, 0.1) is 0 Å². The van der Waals surface area contributed by atoms with Gasteiger partial charge in [0.2, 0.25) is 5.67 Å². The van der Waals surface area contributed by atoms with Crippen LogP contribution < -0.4 is 0 Å². The molecule has 4 atom stereocenters. The minimum atomic E-state index is -5.99. The fourth-order valence-corrected chi connectivity index (χ4v) is 1.80. The van der Waals surface area contributed by atoms with E-state index in [9.17, 15) is 39.5 Å². The summed E-state index contributed by atoms with van der Waals surface area (Å²) in [4.78, 5) is 0. The lowest BCUT2D eigenvalue weighted by atomic mass is 9.89. The Bertz CT molecular complexity index is 324. The third kappa shape index (κ3) is 1.15. The van der Waals surface area contributed by atoms with E-state index in [0.29, 0.717) is 0 Å². The predicted molar refractivity (Wildman–Crippen MR) is 40.2 cm³/mol. The maximum atomic E-state index is 13.5. The molecule has 1 saturated carbocycles. The van der Waals surface area contributed by atoms with Crippen molar-refractivity contribution in [2.24, 2.45) is 0 Å². The highest BCUT2D eigenvalue weighted by molar-refractivity contribution is 5.30. The van der Waals surface area contributed by atoms with Gasteiger partial charge in [-0.15, -0.1) is 0 Å². The topological polar surface area (TPSA) is 20.2 Å². The lowest BCUT2D eigenvalue weighted by Gasteiger charge is -2.34. The summed E-state index contributed by atoms with van der Waals surface area (Å²) in [5, 5.41) is 8.50. The second-order valence-electron chi connectivity index (χ2n) is 4.11. The van der Waals surface area contributed by atoms with Crippen LogP contribution >= 0.6 is 0 Å². The van der Waals surface area contributed by atoms with Crippen molar-refractivity contribution in [1.82, 2.24) is 0 Å². The Morgan fingerprint density at radius 3 is 1.56 bits per heavy atom. The van der Waals surface area contributed by atoms with E-state index < -0.39 is 48.8 Å². The normalized spacial score (nSPS) is 48.2. The molecule has 0 heterocycles. The molecule has 0 saturated heterocycles. The zero-order chi connectivity index (χ0) is 14.8. The first-order valence-corrected chi connectivity index (χ1v) is 4.48. The zero-order valence-corrected chi connectivity index (χ0v) is 8.63. The van der Waals surface area contributed by atoms with Crippen molar-refractivity contribution in [3.05, 3.63) is 0 Å². The molecule has 1 N–H and O–H groups in total. The van der Waals surface area contributed by atoms with Crippen LogP contribution in [0.3, 0.4) is 0 Å². The minimum absolute atomic E-state index is 0.607. The van der Waals surface area contributed by atoms with Gasteiger partial charge in [-0.05, 0) is 6.92 Å². The van der Waals surface area contributed by atoms with E-state index in [0.717, 1.165) is 0 Å². The summed E-state index contributed by atoms with van der Waals surface area (Å²) >= 11 is 0. The van der Waals surface area contributed by atoms with E-state index in [1.54, 1.807) is 0 Å². The molecule has 4 unspecified atom stereocenters. The van der Waals surface area contributed by atoms with Crippen LogP contribution in [0, 0.1) is 0 Å². The summed E-state index contributed by atoms with van der Waals surface area (Å²) in [7, 11) is 0. The molecule has 0 aliphatic heterocycles. The molecule has 0 spiro atoms. The van der Waals surface area contributed by atoms with Gasteiger partial charge in [-0.3, -0.25) is 0 Å². The summed E-state index contributed by atoms with van der Waals surface area (Å²) in [6.07, 6.45) is -4.18. The third-order valence-electron chi connectivity index (χ3n) is 3.10. The molecule has 1 aliphatic carbocycles. The van der Waals surface area contributed by atoms with E-state index in [4.69, 9.17) is 5.11 Å². The van der Waals surface area contributed by atoms with Gasteiger partial charge in [0.15, 0.2) is 6.17 Å². The van der Waals surface area contributed by atoms with Crippen LogP contribution in [-0.2, 0) is 0 Å². The number of hydrogen-bond acceptors (Lipinski definition) is 1. The molecular weight excluding hydrogens is 283 g/mol. The number of rotatable bonds is 2. The highest BCUT2D eigenvalue weighted by Gasteiger charge is 2.98. The highest BCUT2D eigenvalue weighted by atomic mass is 19.3. The van der Waals surface area contributed by atoms with Crippen molar-refractivity contribution in [3.8, 4) is 0 Å². The Morgan fingerprint density at radius 2 is 1.33 bits per heavy atom. The molecular formula is C8H7F9O. The minimum Gasteiger partial charge on any atom is -0.354 e. The van der Waals surface area contributed by atoms with Gasteiger partial charge in [-0.2, -0.15) is 17.6 Å². The van der Waals surface area contributed by atoms with Crippen molar-refractivity contribution >= 4 is 0 Å². The first-order chi connectivity index (χ1) is 7.73. The molecule has 10 heteroatoms. The fourth-order valence-electron chi connectivity index (χ4n) is 1.80. The van der Waals surface area contributed by atoms with Gasteiger partial charge in [0.1, 0.15) is 6.67 Å². The summed E-state index contributed by atoms with van der Waals surface area (Å²) < 4.78 is 117. The molecule has 1 aliphatic rings. The summed E-state index contributed by atoms with van der Waals surface area (Å²) in [5.41, 5.74) is -11.0. The quantitative estimate of drug-likeness (QED) is 0.775. The zero-order valence-electron chi connectivity index (χ0n) is 8.63. The number of halogens is 9. The molecule has 0 aromatic carbocycles. The highest BCUT2D eigenvalue weighted by Crippen LogP contribution is 2.68. The molecule has 0 bridgehead atoms. The van der Waals surface area contributed by atoms with Crippen molar-refractivity contribution in [2.45, 2.75) is 42.1 Å². The van der Waals surface area contributed by atoms with E-state index in [1.807, 2.05) is 0 Å². The van der Waals surface area contributed by atoms with Gasteiger partial charge in [-0.25, -0.2) is 22.0 Å². The van der Waals surface area contributed by atoms with E-state index in [2.05, 4.69) is 0 Å². The Morgan fingerprint density at radius 1 is 0.944 bits per heavy atom. The SMILES string of the molecule is CC1(F)C(F)(F)C(O)(F)C(F)(C(F)CF)C1(F)F. The van der Waals surface area contributed by atoms with Crippen LogP contribution in [0.25, 0.3) is 0 Å². The largest absolute Gasteiger partial charge is 0.354 e. The first kappa shape index (κ1) is 15.4. The molecule has 1 rings (SSSR count).